The second-order valence-corrected chi connectivity index (χ2v) is 5.19. The first kappa shape index (κ1) is 14.8. The van der Waals surface area contributed by atoms with Crippen molar-refractivity contribution in [3.05, 3.63) is 70.0 Å². The largest absolute Gasteiger partial charge is 0.506 e. The molecule has 5 nitrogen and oxygen atoms in total. The number of benzene rings is 2. The summed E-state index contributed by atoms with van der Waals surface area (Å²) in [6.45, 7) is 1.98. The van der Waals surface area contributed by atoms with Crippen LogP contribution in [0.25, 0.3) is 10.9 Å². The number of aromatic nitrogens is 1. The molecule has 0 saturated carbocycles. The van der Waals surface area contributed by atoms with Gasteiger partial charge in [0.25, 0.3) is 11.5 Å². The number of aromatic hydroxyl groups is 1. The van der Waals surface area contributed by atoms with Crippen molar-refractivity contribution in [3.63, 3.8) is 0 Å². The average molecular weight is 308 g/mol. The summed E-state index contributed by atoms with van der Waals surface area (Å²) in [6.07, 6.45) is 0.747. The van der Waals surface area contributed by atoms with Crippen molar-refractivity contribution in [1.82, 2.24) is 4.98 Å². The van der Waals surface area contributed by atoms with Gasteiger partial charge in [0, 0.05) is 11.1 Å². The molecule has 1 aromatic heterocycles. The van der Waals surface area contributed by atoms with E-state index in [1.807, 2.05) is 19.1 Å². The molecule has 5 heteroatoms. The van der Waals surface area contributed by atoms with Crippen LogP contribution >= 0.6 is 0 Å². The normalized spacial score (nSPS) is 10.7. The van der Waals surface area contributed by atoms with Gasteiger partial charge in [0.2, 0.25) is 0 Å². The van der Waals surface area contributed by atoms with Crippen LogP contribution in [0.2, 0.25) is 0 Å². The van der Waals surface area contributed by atoms with Crippen LogP contribution in [0.4, 0.5) is 5.69 Å². The molecule has 1 heterocycles. The Kier molecular flexibility index (Phi) is 3.85. The van der Waals surface area contributed by atoms with Gasteiger partial charge in [0.05, 0.1) is 5.52 Å². The lowest BCUT2D eigenvalue weighted by molar-refractivity contribution is 0.102. The van der Waals surface area contributed by atoms with Crippen LogP contribution in [0.5, 0.6) is 5.75 Å². The highest BCUT2D eigenvalue weighted by atomic mass is 16.3. The average Bonchev–Trinajstić information content (AvgIpc) is 2.55. The number of fused-ring (bicyclic) bond motifs is 1. The number of aryl methyl sites for hydroxylation is 1. The zero-order valence-corrected chi connectivity index (χ0v) is 12.6. The van der Waals surface area contributed by atoms with Crippen molar-refractivity contribution in [2.24, 2.45) is 0 Å². The van der Waals surface area contributed by atoms with Crippen LogP contribution in [0.1, 0.15) is 22.8 Å². The van der Waals surface area contributed by atoms with Crippen LogP contribution < -0.4 is 10.9 Å². The highest BCUT2D eigenvalue weighted by Gasteiger charge is 2.19. The lowest BCUT2D eigenvalue weighted by atomic mass is 10.1. The number of nitrogens with one attached hydrogen (secondary N) is 2. The molecule has 0 spiro atoms. The molecular formula is C18H16N2O3. The Morgan fingerprint density at radius 1 is 1.13 bits per heavy atom. The Labute approximate surface area is 132 Å². The molecule has 23 heavy (non-hydrogen) atoms. The molecule has 3 aromatic rings. The summed E-state index contributed by atoms with van der Waals surface area (Å²) >= 11 is 0. The van der Waals surface area contributed by atoms with Crippen LogP contribution in [0, 0.1) is 0 Å². The molecule has 3 rings (SSSR count). The van der Waals surface area contributed by atoms with Gasteiger partial charge in [-0.25, -0.2) is 0 Å². The van der Waals surface area contributed by atoms with Gasteiger partial charge in [0.1, 0.15) is 11.3 Å². The molecule has 0 radical (unpaired) electrons. The fraction of sp³-hybridized carbons (Fsp3) is 0.111. The molecule has 0 aliphatic carbocycles. The molecule has 0 aliphatic heterocycles. The van der Waals surface area contributed by atoms with E-state index in [4.69, 9.17) is 0 Å². The number of hydrogen-bond donors (Lipinski definition) is 3. The number of carbonyl (C=O) groups excluding carboxylic acids is 1. The van der Waals surface area contributed by atoms with Crippen molar-refractivity contribution in [3.8, 4) is 5.75 Å². The number of amides is 1. The Bertz CT molecular complexity index is 944. The van der Waals surface area contributed by atoms with Gasteiger partial charge in [-0.15, -0.1) is 0 Å². The minimum Gasteiger partial charge on any atom is -0.506 e. The fourth-order valence-electron chi connectivity index (χ4n) is 2.57. The van der Waals surface area contributed by atoms with E-state index in [1.54, 1.807) is 36.4 Å². The van der Waals surface area contributed by atoms with E-state index >= 15 is 0 Å². The summed E-state index contributed by atoms with van der Waals surface area (Å²) in [4.78, 5) is 27.3. The van der Waals surface area contributed by atoms with E-state index in [-0.39, 0.29) is 11.3 Å². The van der Waals surface area contributed by atoms with Gasteiger partial charge in [-0.2, -0.15) is 0 Å². The topological polar surface area (TPSA) is 82.2 Å². The molecular weight excluding hydrogens is 292 g/mol. The van der Waals surface area contributed by atoms with Crippen molar-refractivity contribution in [2.45, 2.75) is 13.3 Å². The van der Waals surface area contributed by atoms with Crippen LogP contribution in [0.15, 0.2) is 53.3 Å². The summed E-state index contributed by atoms with van der Waals surface area (Å²) < 4.78 is 0. The van der Waals surface area contributed by atoms with Crippen molar-refractivity contribution < 1.29 is 9.90 Å². The summed E-state index contributed by atoms with van der Waals surface area (Å²) in [6, 6.07) is 14.2. The van der Waals surface area contributed by atoms with Gasteiger partial charge < -0.3 is 15.4 Å². The minimum atomic E-state index is -0.629. The molecule has 0 fully saturated rings. The molecule has 0 aliphatic rings. The Hall–Kier alpha value is -3.08. The maximum atomic E-state index is 12.5. The van der Waals surface area contributed by atoms with Crippen LogP contribution in [-0.2, 0) is 6.42 Å². The zero-order chi connectivity index (χ0) is 16.4. The second kappa shape index (κ2) is 5.96. The fourth-order valence-corrected chi connectivity index (χ4v) is 2.57. The quantitative estimate of drug-likeness (QED) is 0.695. The third-order valence-electron chi connectivity index (χ3n) is 3.77. The van der Waals surface area contributed by atoms with E-state index in [2.05, 4.69) is 10.3 Å². The smallest absolute Gasteiger partial charge is 0.265 e. The monoisotopic (exact) mass is 308 g/mol. The van der Waals surface area contributed by atoms with Crippen LogP contribution in [-0.4, -0.2) is 16.0 Å². The number of H-pyrrole nitrogens is 1. The maximum absolute atomic E-state index is 12.5. The maximum Gasteiger partial charge on any atom is 0.265 e. The van der Waals surface area contributed by atoms with Crippen molar-refractivity contribution in [1.29, 1.82) is 0 Å². The molecule has 0 atom stereocenters. The predicted octanol–water partition coefficient (Wildman–Crippen LogP) is 3.05. The zero-order valence-electron chi connectivity index (χ0n) is 12.6. The first-order valence-electron chi connectivity index (χ1n) is 7.35. The standard InChI is InChI=1S/C18H16N2O3/c1-2-11-7-3-5-9-13(11)19-17(22)15-16(21)12-8-4-6-10-14(12)20-18(15)23/h3-10H,2H2,1H3,(H,19,22)(H2,20,21,23). The molecule has 116 valence electrons. The molecule has 1 amide bonds. The number of aromatic amines is 1. The number of hydrogen-bond acceptors (Lipinski definition) is 3. The Morgan fingerprint density at radius 3 is 2.61 bits per heavy atom. The number of rotatable bonds is 3. The number of para-hydroxylation sites is 2. The molecule has 0 bridgehead atoms. The lowest BCUT2D eigenvalue weighted by Gasteiger charge is -2.11. The number of anilines is 1. The van der Waals surface area contributed by atoms with E-state index in [0.717, 1.165) is 12.0 Å². The van der Waals surface area contributed by atoms with Gasteiger partial charge >= 0.3 is 0 Å². The predicted molar refractivity (Wildman–Crippen MR) is 90.0 cm³/mol. The summed E-state index contributed by atoms with van der Waals surface area (Å²) in [5.41, 5.74) is 1.17. The van der Waals surface area contributed by atoms with Crippen molar-refractivity contribution in [2.75, 3.05) is 5.32 Å². The molecule has 0 unspecified atom stereocenters. The Morgan fingerprint density at radius 2 is 1.83 bits per heavy atom. The lowest BCUT2D eigenvalue weighted by Crippen LogP contribution is -2.23. The minimum absolute atomic E-state index is 0.283. The van der Waals surface area contributed by atoms with Crippen molar-refractivity contribution >= 4 is 22.5 Å². The number of carbonyl (C=O) groups is 1. The summed E-state index contributed by atoms with van der Waals surface area (Å²) in [5, 5.41) is 13.5. The second-order valence-electron chi connectivity index (χ2n) is 5.19. The highest BCUT2D eigenvalue weighted by Crippen LogP contribution is 2.25. The molecule has 2 aromatic carbocycles. The third-order valence-corrected chi connectivity index (χ3v) is 3.77. The first-order chi connectivity index (χ1) is 11.1. The van der Waals surface area contributed by atoms with Gasteiger partial charge in [-0.1, -0.05) is 37.3 Å². The van der Waals surface area contributed by atoms with Crippen LogP contribution in [0.3, 0.4) is 0 Å². The van der Waals surface area contributed by atoms with Gasteiger partial charge in [-0.3, -0.25) is 9.59 Å². The Balaban J connectivity index is 2.06. The molecule has 0 saturated heterocycles. The SMILES string of the molecule is CCc1ccccc1NC(=O)c1c(O)c2ccccc2[nH]c1=O. The number of pyridine rings is 1. The highest BCUT2D eigenvalue weighted by molar-refractivity contribution is 6.09. The first-order valence-corrected chi connectivity index (χ1v) is 7.35. The summed E-state index contributed by atoms with van der Waals surface area (Å²) in [7, 11) is 0. The van der Waals surface area contributed by atoms with E-state index in [1.165, 1.54) is 0 Å². The summed E-state index contributed by atoms with van der Waals surface area (Å²) in [5.74, 6) is -0.939. The molecule has 3 N–H and O–H groups in total. The van der Waals surface area contributed by atoms with Gasteiger partial charge in [-0.05, 0) is 30.2 Å². The van der Waals surface area contributed by atoms with E-state index in [9.17, 15) is 14.7 Å². The van der Waals surface area contributed by atoms with Gasteiger partial charge in [0.15, 0.2) is 0 Å². The van der Waals surface area contributed by atoms with E-state index < -0.39 is 11.5 Å². The van der Waals surface area contributed by atoms with E-state index in [0.29, 0.717) is 16.6 Å². The third kappa shape index (κ3) is 2.68.